The fraction of sp³-hybridized carbons (Fsp3) is 0.444. The third-order valence-electron chi connectivity index (χ3n) is 2.05. The molecule has 0 radical (unpaired) electrons. The quantitative estimate of drug-likeness (QED) is 0.714. The maximum absolute atomic E-state index is 10.8. The molecule has 0 fully saturated rings. The van der Waals surface area contributed by atoms with Crippen LogP contribution < -0.4 is 16.0 Å². The molecule has 6 heteroatoms. The van der Waals surface area contributed by atoms with E-state index in [1.54, 1.807) is 19.0 Å². The van der Waals surface area contributed by atoms with Gasteiger partial charge in [0.1, 0.15) is 18.0 Å². The number of anilines is 2. The van der Waals surface area contributed by atoms with Crippen molar-refractivity contribution in [2.24, 2.45) is 5.73 Å². The van der Waals surface area contributed by atoms with Crippen molar-refractivity contribution in [1.82, 2.24) is 9.97 Å². The van der Waals surface area contributed by atoms with Gasteiger partial charge in [-0.3, -0.25) is 4.79 Å². The molecule has 15 heavy (non-hydrogen) atoms. The van der Waals surface area contributed by atoms with Crippen molar-refractivity contribution < 1.29 is 4.79 Å². The van der Waals surface area contributed by atoms with Crippen LogP contribution in [-0.4, -0.2) is 36.5 Å². The zero-order valence-corrected chi connectivity index (χ0v) is 9.11. The summed E-state index contributed by atoms with van der Waals surface area (Å²) in [7, 11) is 3.55. The van der Waals surface area contributed by atoms with E-state index in [1.165, 1.54) is 6.33 Å². The van der Waals surface area contributed by atoms with Crippen LogP contribution in [0.25, 0.3) is 0 Å². The lowest BCUT2D eigenvalue weighted by molar-refractivity contribution is -0.116. The normalized spacial score (nSPS) is 9.80. The highest BCUT2D eigenvalue weighted by atomic mass is 16.1. The minimum Gasteiger partial charge on any atom is -0.373 e. The molecule has 1 aromatic rings. The van der Waals surface area contributed by atoms with E-state index in [9.17, 15) is 4.79 Å². The van der Waals surface area contributed by atoms with Gasteiger partial charge in [-0.25, -0.2) is 9.97 Å². The van der Waals surface area contributed by atoms with Crippen LogP contribution in [-0.2, 0) is 4.79 Å². The maximum atomic E-state index is 10.8. The Hall–Kier alpha value is -1.85. The summed E-state index contributed by atoms with van der Waals surface area (Å²) in [5.41, 5.74) is 6.00. The SMILES string of the molecule is CNc1ncnc(N(C)CC(N)=O)c1C. The largest absolute Gasteiger partial charge is 0.373 e. The van der Waals surface area contributed by atoms with Gasteiger partial charge in [0, 0.05) is 19.7 Å². The molecule has 0 aliphatic carbocycles. The average Bonchev–Trinajstić information content (AvgIpc) is 2.17. The van der Waals surface area contributed by atoms with E-state index in [2.05, 4.69) is 15.3 Å². The van der Waals surface area contributed by atoms with Gasteiger partial charge in [-0.1, -0.05) is 0 Å². The smallest absolute Gasteiger partial charge is 0.236 e. The van der Waals surface area contributed by atoms with Crippen LogP contribution in [0.4, 0.5) is 11.6 Å². The molecule has 0 aromatic carbocycles. The van der Waals surface area contributed by atoms with Crippen LogP contribution >= 0.6 is 0 Å². The summed E-state index contributed by atoms with van der Waals surface area (Å²) in [5.74, 6) is 1.06. The number of rotatable bonds is 4. The lowest BCUT2D eigenvalue weighted by Crippen LogP contribution is -2.31. The highest BCUT2D eigenvalue weighted by Gasteiger charge is 2.11. The Bertz CT molecular complexity index is 366. The Labute approximate surface area is 88.5 Å². The predicted molar refractivity (Wildman–Crippen MR) is 58.8 cm³/mol. The van der Waals surface area contributed by atoms with E-state index >= 15 is 0 Å². The van der Waals surface area contributed by atoms with E-state index in [0.717, 1.165) is 11.4 Å². The first-order valence-electron chi connectivity index (χ1n) is 4.55. The predicted octanol–water partition coefficient (Wildman–Crippen LogP) is -0.252. The van der Waals surface area contributed by atoms with Crippen molar-refractivity contribution in [3.8, 4) is 0 Å². The number of aromatic nitrogens is 2. The molecule has 0 saturated heterocycles. The van der Waals surface area contributed by atoms with Crippen molar-refractivity contribution in [3.63, 3.8) is 0 Å². The zero-order valence-electron chi connectivity index (χ0n) is 9.11. The number of hydrogen-bond acceptors (Lipinski definition) is 5. The summed E-state index contributed by atoms with van der Waals surface area (Å²) < 4.78 is 0. The van der Waals surface area contributed by atoms with Crippen LogP contribution in [0.5, 0.6) is 0 Å². The molecule has 3 N–H and O–H groups in total. The molecule has 0 aliphatic rings. The Morgan fingerprint density at radius 2 is 2.27 bits per heavy atom. The van der Waals surface area contributed by atoms with Crippen LogP contribution in [0.3, 0.4) is 0 Å². The molecule has 82 valence electrons. The lowest BCUT2D eigenvalue weighted by Gasteiger charge is -2.19. The van der Waals surface area contributed by atoms with Crippen molar-refractivity contribution in [1.29, 1.82) is 0 Å². The third-order valence-corrected chi connectivity index (χ3v) is 2.05. The van der Waals surface area contributed by atoms with Gasteiger partial charge < -0.3 is 16.0 Å². The highest BCUT2D eigenvalue weighted by molar-refractivity contribution is 5.79. The Morgan fingerprint density at radius 1 is 1.60 bits per heavy atom. The fourth-order valence-corrected chi connectivity index (χ4v) is 1.39. The van der Waals surface area contributed by atoms with E-state index in [4.69, 9.17) is 5.73 Å². The van der Waals surface area contributed by atoms with Gasteiger partial charge in [-0.05, 0) is 6.92 Å². The standard InChI is InChI=1S/C9H15N5O/c1-6-8(11-2)12-5-13-9(6)14(3)4-7(10)15/h5H,4H2,1-3H3,(H2,10,15)(H,11,12,13). The number of primary amides is 1. The van der Waals surface area contributed by atoms with Gasteiger partial charge in [0.05, 0.1) is 6.54 Å². The fourth-order valence-electron chi connectivity index (χ4n) is 1.39. The third kappa shape index (κ3) is 2.55. The molecule has 0 bridgehead atoms. The number of likely N-dealkylation sites (N-methyl/N-ethyl adjacent to an activating group) is 1. The van der Waals surface area contributed by atoms with E-state index < -0.39 is 0 Å². The molecule has 1 heterocycles. The summed E-state index contributed by atoms with van der Waals surface area (Å²) in [4.78, 5) is 20.6. The van der Waals surface area contributed by atoms with Gasteiger partial charge in [0.15, 0.2) is 0 Å². The average molecular weight is 209 g/mol. The number of nitrogens with two attached hydrogens (primary N) is 1. The summed E-state index contributed by atoms with van der Waals surface area (Å²) in [5, 5.41) is 2.95. The Morgan fingerprint density at radius 3 is 2.80 bits per heavy atom. The minimum absolute atomic E-state index is 0.140. The van der Waals surface area contributed by atoms with E-state index in [0.29, 0.717) is 5.82 Å². The topological polar surface area (TPSA) is 84.1 Å². The first kappa shape index (κ1) is 11.2. The molecule has 1 aromatic heterocycles. The Kier molecular flexibility index (Phi) is 3.43. The Balaban J connectivity index is 2.98. The number of nitrogens with one attached hydrogen (secondary N) is 1. The molecule has 1 amide bonds. The first-order valence-corrected chi connectivity index (χ1v) is 4.55. The van der Waals surface area contributed by atoms with Crippen LogP contribution in [0.2, 0.25) is 0 Å². The van der Waals surface area contributed by atoms with Gasteiger partial charge >= 0.3 is 0 Å². The molecule has 0 saturated carbocycles. The second kappa shape index (κ2) is 4.59. The zero-order chi connectivity index (χ0) is 11.4. The summed E-state index contributed by atoms with van der Waals surface area (Å²) >= 11 is 0. The highest BCUT2D eigenvalue weighted by Crippen LogP contribution is 2.20. The molecular weight excluding hydrogens is 194 g/mol. The van der Waals surface area contributed by atoms with Crippen LogP contribution in [0.1, 0.15) is 5.56 Å². The molecule has 0 spiro atoms. The molecule has 1 rings (SSSR count). The van der Waals surface area contributed by atoms with Gasteiger partial charge in [0.2, 0.25) is 5.91 Å². The molecule has 6 nitrogen and oxygen atoms in total. The van der Waals surface area contributed by atoms with Gasteiger partial charge in [-0.15, -0.1) is 0 Å². The number of amides is 1. The first-order chi connectivity index (χ1) is 7.06. The number of nitrogens with zero attached hydrogens (tertiary/aromatic N) is 3. The molecule has 0 atom stereocenters. The summed E-state index contributed by atoms with van der Waals surface area (Å²) in [6.07, 6.45) is 1.45. The minimum atomic E-state index is -0.387. The summed E-state index contributed by atoms with van der Waals surface area (Å²) in [6.45, 7) is 2.03. The van der Waals surface area contributed by atoms with Gasteiger partial charge in [-0.2, -0.15) is 0 Å². The number of carbonyl (C=O) groups is 1. The second-order valence-electron chi connectivity index (χ2n) is 3.24. The summed E-state index contributed by atoms with van der Waals surface area (Å²) in [6, 6.07) is 0. The van der Waals surface area contributed by atoms with Crippen molar-refractivity contribution >= 4 is 17.5 Å². The van der Waals surface area contributed by atoms with Crippen molar-refractivity contribution in [3.05, 3.63) is 11.9 Å². The molecule has 0 aliphatic heterocycles. The lowest BCUT2D eigenvalue weighted by atomic mass is 10.3. The van der Waals surface area contributed by atoms with Crippen LogP contribution in [0, 0.1) is 6.92 Å². The molecule has 0 unspecified atom stereocenters. The molecular formula is C9H15N5O. The van der Waals surface area contributed by atoms with E-state index in [1.807, 2.05) is 6.92 Å². The van der Waals surface area contributed by atoms with Crippen LogP contribution in [0.15, 0.2) is 6.33 Å². The number of hydrogen-bond donors (Lipinski definition) is 2. The van der Waals surface area contributed by atoms with Crippen molar-refractivity contribution in [2.75, 3.05) is 30.9 Å². The van der Waals surface area contributed by atoms with E-state index in [-0.39, 0.29) is 12.5 Å². The number of carbonyl (C=O) groups excluding carboxylic acids is 1. The van der Waals surface area contributed by atoms with Crippen molar-refractivity contribution in [2.45, 2.75) is 6.92 Å². The van der Waals surface area contributed by atoms with Gasteiger partial charge in [0.25, 0.3) is 0 Å². The maximum Gasteiger partial charge on any atom is 0.236 e. The second-order valence-corrected chi connectivity index (χ2v) is 3.24. The monoisotopic (exact) mass is 209 g/mol.